The van der Waals surface area contributed by atoms with Gasteiger partial charge in [0.15, 0.2) is 0 Å². The van der Waals surface area contributed by atoms with Crippen LogP contribution in [0.1, 0.15) is 72.6 Å². The SMILES string of the molecule is CCCNC1CCCCCC1CN(C)C(C)(C)CC. The summed E-state index contributed by atoms with van der Waals surface area (Å²) in [5, 5.41) is 3.81. The Kier molecular flexibility index (Phi) is 7.38. The molecule has 0 spiro atoms. The maximum absolute atomic E-state index is 3.81. The van der Waals surface area contributed by atoms with Crippen LogP contribution in [0.4, 0.5) is 0 Å². The van der Waals surface area contributed by atoms with Crippen molar-refractivity contribution in [2.24, 2.45) is 5.92 Å². The van der Waals surface area contributed by atoms with Gasteiger partial charge < -0.3 is 10.2 Å². The smallest absolute Gasteiger partial charge is 0.0147 e. The number of nitrogens with one attached hydrogen (secondary N) is 1. The molecule has 0 heterocycles. The van der Waals surface area contributed by atoms with Gasteiger partial charge in [-0.2, -0.15) is 0 Å². The van der Waals surface area contributed by atoms with E-state index in [4.69, 9.17) is 0 Å². The summed E-state index contributed by atoms with van der Waals surface area (Å²) >= 11 is 0. The Labute approximate surface area is 121 Å². The number of nitrogens with zero attached hydrogens (tertiary/aromatic N) is 1. The van der Waals surface area contributed by atoms with E-state index in [1.54, 1.807) is 0 Å². The molecule has 1 N–H and O–H groups in total. The van der Waals surface area contributed by atoms with Crippen LogP contribution in [0.25, 0.3) is 0 Å². The summed E-state index contributed by atoms with van der Waals surface area (Å²) in [5.74, 6) is 0.838. The molecule has 2 atom stereocenters. The maximum atomic E-state index is 3.81. The molecular weight excluding hydrogens is 232 g/mol. The van der Waals surface area contributed by atoms with Crippen LogP contribution in [0.5, 0.6) is 0 Å². The van der Waals surface area contributed by atoms with Crippen molar-refractivity contribution >= 4 is 0 Å². The zero-order valence-corrected chi connectivity index (χ0v) is 14.0. The molecule has 19 heavy (non-hydrogen) atoms. The molecule has 1 fully saturated rings. The highest BCUT2D eigenvalue weighted by atomic mass is 15.2. The van der Waals surface area contributed by atoms with Crippen molar-refractivity contribution in [1.29, 1.82) is 0 Å². The third-order valence-corrected chi connectivity index (χ3v) is 5.22. The van der Waals surface area contributed by atoms with E-state index in [-0.39, 0.29) is 0 Å². The zero-order chi connectivity index (χ0) is 14.3. The van der Waals surface area contributed by atoms with E-state index in [1.807, 2.05) is 0 Å². The molecule has 114 valence electrons. The van der Waals surface area contributed by atoms with E-state index in [1.165, 1.54) is 58.0 Å². The van der Waals surface area contributed by atoms with Crippen LogP contribution >= 0.6 is 0 Å². The Hall–Kier alpha value is -0.0800. The molecule has 0 aromatic heterocycles. The van der Waals surface area contributed by atoms with E-state index in [9.17, 15) is 0 Å². The van der Waals surface area contributed by atoms with Crippen LogP contribution in [-0.2, 0) is 0 Å². The fraction of sp³-hybridized carbons (Fsp3) is 1.00. The standard InChI is InChI=1S/C17H36N2/c1-6-13-18-16-12-10-8-9-11-15(16)14-19(5)17(3,4)7-2/h15-16,18H,6-14H2,1-5H3. The monoisotopic (exact) mass is 268 g/mol. The summed E-state index contributed by atoms with van der Waals surface area (Å²) in [4.78, 5) is 2.59. The highest BCUT2D eigenvalue weighted by Gasteiger charge is 2.28. The topological polar surface area (TPSA) is 15.3 Å². The third-order valence-electron chi connectivity index (χ3n) is 5.22. The van der Waals surface area contributed by atoms with Gasteiger partial charge in [-0.15, -0.1) is 0 Å². The number of hydrogen-bond acceptors (Lipinski definition) is 2. The second-order valence-electron chi connectivity index (χ2n) is 7.01. The van der Waals surface area contributed by atoms with Crippen LogP contribution < -0.4 is 5.32 Å². The van der Waals surface area contributed by atoms with E-state index < -0.39 is 0 Å². The fourth-order valence-electron chi connectivity index (χ4n) is 3.07. The average molecular weight is 268 g/mol. The van der Waals surface area contributed by atoms with Crippen LogP contribution in [0, 0.1) is 5.92 Å². The Balaban J connectivity index is 2.59. The highest BCUT2D eigenvalue weighted by molar-refractivity contribution is 4.85. The van der Waals surface area contributed by atoms with Gasteiger partial charge in [-0.25, -0.2) is 0 Å². The zero-order valence-electron chi connectivity index (χ0n) is 14.0. The van der Waals surface area contributed by atoms with Crippen molar-refractivity contribution in [3.63, 3.8) is 0 Å². The van der Waals surface area contributed by atoms with Crippen LogP contribution in [0.2, 0.25) is 0 Å². The van der Waals surface area contributed by atoms with Crippen molar-refractivity contribution in [2.45, 2.75) is 84.2 Å². The lowest BCUT2D eigenvalue weighted by atomic mass is 9.91. The molecule has 1 aliphatic rings. The molecule has 2 heteroatoms. The molecule has 1 saturated carbocycles. The number of rotatable bonds is 7. The van der Waals surface area contributed by atoms with Crippen molar-refractivity contribution in [1.82, 2.24) is 10.2 Å². The minimum atomic E-state index is 0.335. The Morgan fingerprint density at radius 1 is 1.11 bits per heavy atom. The molecule has 0 aromatic rings. The summed E-state index contributed by atoms with van der Waals surface area (Å²) < 4.78 is 0. The molecule has 0 saturated heterocycles. The summed E-state index contributed by atoms with van der Waals surface area (Å²) in [6.07, 6.45) is 9.54. The average Bonchev–Trinajstić information content (AvgIpc) is 2.61. The maximum Gasteiger partial charge on any atom is 0.0147 e. The Morgan fingerprint density at radius 2 is 1.79 bits per heavy atom. The lowest BCUT2D eigenvalue weighted by molar-refractivity contribution is 0.112. The van der Waals surface area contributed by atoms with Crippen LogP contribution in [0.3, 0.4) is 0 Å². The van der Waals surface area contributed by atoms with Crippen molar-refractivity contribution in [3.05, 3.63) is 0 Å². The molecule has 0 aliphatic heterocycles. The van der Waals surface area contributed by atoms with Crippen molar-refractivity contribution < 1.29 is 0 Å². The largest absolute Gasteiger partial charge is 0.314 e. The lowest BCUT2D eigenvalue weighted by Gasteiger charge is -2.39. The summed E-state index contributed by atoms with van der Waals surface area (Å²) in [7, 11) is 2.31. The van der Waals surface area contributed by atoms with Gasteiger partial charge in [-0.1, -0.05) is 33.1 Å². The highest BCUT2D eigenvalue weighted by Crippen LogP contribution is 2.27. The minimum absolute atomic E-state index is 0.335. The quantitative estimate of drug-likeness (QED) is 0.701. The molecule has 0 bridgehead atoms. The number of hydrogen-bond donors (Lipinski definition) is 1. The first-order chi connectivity index (χ1) is 9.01. The van der Waals surface area contributed by atoms with Gasteiger partial charge >= 0.3 is 0 Å². The second kappa shape index (κ2) is 8.26. The van der Waals surface area contributed by atoms with Crippen LogP contribution in [0.15, 0.2) is 0 Å². The van der Waals surface area contributed by atoms with Gasteiger partial charge in [-0.05, 0) is 59.0 Å². The fourth-order valence-corrected chi connectivity index (χ4v) is 3.07. The van der Waals surface area contributed by atoms with Gasteiger partial charge in [0, 0.05) is 18.1 Å². The Morgan fingerprint density at radius 3 is 2.42 bits per heavy atom. The van der Waals surface area contributed by atoms with E-state index >= 15 is 0 Å². The van der Waals surface area contributed by atoms with Crippen molar-refractivity contribution in [3.8, 4) is 0 Å². The van der Waals surface area contributed by atoms with Gasteiger partial charge in [0.2, 0.25) is 0 Å². The normalized spacial score (nSPS) is 25.6. The van der Waals surface area contributed by atoms with E-state index in [0.29, 0.717) is 5.54 Å². The lowest BCUT2D eigenvalue weighted by Crippen LogP contribution is -2.47. The predicted molar refractivity (Wildman–Crippen MR) is 85.7 cm³/mol. The molecule has 1 rings (SSSR count). The molecular formula is C17H36N2. The molecule has 0 amide bonds. The van der Waals surface area contributed by atoms with Gasteiger partial charge in [0.25, 0.3) is 0 Å². The van der Waals surface area contributed by atoms with E-state index in [0.717, 1.165) is 12.0 Å². The van der Waals surface area contributed by atoms with Crippen LogP contribution in [-0.4, -0.2) is 36.6 Å². The Bertz CT molecular complexity index is 237. The summed E-state index contributed by atoms with van der Waals surface area (Å²) in [6.45, 7) is 11.8. The molecule has 2 unspecified atom stereocenters. The van der Waals surface area contributed by atoms with E-state index in [2.05, 4.69) is 45.0 Å². The second-order valence-corrected chi connectivity index (χ2v) is 7.01. The first-order valence-electron chi connectivity index (χ1n) is 8.46. The third kappa shape index (κ3) is 5.43. The first kappa shape index (κ1) is 17.0. The molecule has 2 nitrogen and oxygen atoms in total. The van der Waals surface area contributed by atoms with Gasteiger partial charge in [-0.3, -0.25) is 0 Å². The predicted octanol–water partition coefficient (Wildman–Crippen LogP) is 4.06. The van der Waals surface area contributed by atoms with Crippen molar-refractivity contribution in [2.75, 3.05) is 20.1 Å². The molecule has 1 aliphatic carbocycles. The molecule has 0 radical (unpaired) electrons. The first-order valence-corrected chi connectivity index (χ1v) is 8.46. The van der Waals surface area contributed by atoms with Gasteiger partial charge in [0.05, 0.1) is 0 Å². The summed E-state index contributed by atoms with van der Waals surface area (Å²) in [6, 6.07) is 0.748. The molecule has 0 aromatic carbocycles. The minimum Gasteiger partial charge on any atom is -0.314 e. The summed E-state index contributed by atoms with van der Waals surface area (Å²) in [5.41, 5.74) is 0.335. The van der Waals surface area contributed by atoms with Gasteiger partial charge in [0.1, 0.15) is 0 Å².